The molecule has 0 radical (unpaired) electrons. The van der Waals surface area contributed by atoms with E-state index in [-0.39, 0.29) is 11.7 Å². The van der Waals surface area contributed by atoms with Crippen molar-refractivity contribution in [2.45, 2.75) is 13.5 Å². The first-order valence-corrected chi connectivity index (χ1v) is 14.2. The molecule has 0 aliphatic carbocycles. The van der Waals surface area contributed by atoms with Crippen LogP contribution in [0.15, 0.2) is 91.1 Å². The van der Waals surface area contributed by atoms with Gasteiger partial charge in [-0.1, -0.05) is 12.1 Å². The van der Waals surface area contributed by atoms with Gasteiger partial charge in [0.2, 0.25) is 0 Å². The van der Waals surface area contributed by atoms with E-state index in [0.717, 1.165) is 58.3 Å². The van der Waals surface area contributed by atoms with Crippen LogP contribution in [-0.4, -0.2) is 65.0 Å². The topological polar surface area (TPSA) is 59.3 Å². The van der Waals surface area contributed by atoms with Crippen LogP contribution in [0.3, 0.4) is 0 Å². The van der Waals surface area contributed by atoms with E-state index in [2.05, 4.69) is 27.6 Å². The number of benzene rings is 3. The Morgan fingerprint density at radius 1 is 0.857 bits per heavy atom. The van der Waals surface area contributed by atoms with Crippen molar-refractivity contribution in [1.82, 2.24) is 19.2 Å². The number of pyridine rings is 1. The van der Waals surface area contributed by atoms with Crippen LogP contribution in [0.25, 0.3) is 28.0 Å². The molecule has 0 N–H and O–H groups in total. The molecule has 1 saturated heterocycles. The Morgan fingerprint density at radius 2 is 1.60 bits per heavy atom. The summed E-state index contributed by atoms with van der Waals surface area (Å²) in [6.07, 6.45) is 2.11. The fourth-order valence-electron chi connectivity index (χ4n) is 5.42. The van der Waals surface area contributed by atoms with E-state index >= 15 is 0 Å². The maximum atomic E-state index is 13.8. The SMILES string of the molecule is CCOc1cccc(-c2ccc3nc(-c4ccc(F)cc4)c(CN4CCN(C(=O)c5ccc(OC)cc5)CC4)n3c2)c1. The summed E-state index contributed by atoms with van der Waals surface area (Å²) in [5.41, 5.74) is 6.29. The largest absolute Gasteiger partial charge is 0.497 e. The molecule has 0 unspecified atom stereocenters. The zero-order valence-corrected chi connectivity index (χ0v) is 23.8. The number of methoxy groups -OCH3 is 1. The molecular weight excluding hydrogens is 531 g/mol. The molecule has 42 heavy (non-hydrogen) atoms. The van der Waals surface area contributed by atoms with E-state index in [9.17, 15) is 9.18 Å². The molecule has 0 bridgehead atoms. The Morgan fingerprint density at radius 3 is 2.31 bits per heavy atom. The maximum absolute atomic E-state index is 13.8. The van der Waals surface area contributed by atoms with Crippen molar-refractivity contribution in [1.29, 1.82) is 0 Å². The smallest absolute Gasteiger partial charge is 0.253 e. The number of fused-ring (bicyclic) bond motifs is 1. The van der Waals surface area contributed by atoms with Crippen LogP contribution in [0.1, 0.15) is 23.0 Å². The van der Waals surface area contributed by atoms with Crippen molar-refractivity contribution >= 4 is 11.6 Å². The third-order valence-electron chi connectivity index (χ3n) is 7.68. The Balaban J connectivity index is 1.28. The van der Waals surface area contributed by atoms with Gasteiger partial charge in [0, 0.05) is 50.0 Å². The highest BCUT2D eigenvalue weighted by molar-refractivity contribution is 5.94. The minimum absolute atomic E-state index is 0.0260. The van der Waals surface area contributed by atoms with Gasteiger partial charge in [0.1, 0.15) is 23.0 Å². The second-order valence-corrected chi connectivity index (χ2v) is 10.3. The van der Waals surface area contributed by atoms with Crippen molar-refractivity contribution in [3.8, 4) is 33.9 Å². The molecule has 7 nitrogen and oxygen atoms in total. The number of rotatable bonds is 8. The van der Waals surface area contributed by atoms with Crippen LogP contribution in [0.5, 0.6) is 11.5 Å². The van der Waals surface area contributed by atoms with Gasteiger partial charge in [-0.3, -0.25) is 9.69 Å². The molecule has 1 amide bonds. The third kappa shape index (κ3) is 5.71. The van der Waals surface area contributed by atoms with E-state index in [0.29, 0.717) is 31.8 Å². The molecule has 0 spiro atoms. The summed E-state index contributed by atoms with van der Waals surface area (Å²) in [5.74, 6) is 1.30. The van der Waals surface area contributed by atoms with E-state index < -0.39 is 0 Å². The predicted octanol–water partition coefficient (Wildman–Crippen LogP) is 6.17. The van der Waals surface area contributed by atoms with Crippen molar-refractivity contribution < 1.29 is 18.7 Å². The molecule has 1 aliphatic rings. The summed E-state index contributed by atoms with van der Waals surface area (Å²) < 4.78 is 26.9. The fourth-order valence-corrected chi connectivity index (χ4v) is 5.42. The second kappa shape index (κ2) is 12.0. The van der Waals surface area contributed by atoms with Crippen molar-refractivity contribution in [2.24, 2.45) is 0 Å². The lowest BCUT2D eigenvalue weighted by molar-refractivity contribution is 0.0627. The molecule has 0 atom stereocenters. The Kier molecular flexibility index (Phi) is 7.88. The number of piperazine rings is 1. The van der Waals surface area contributed by atoms with Crippen LogP contribution >= 0.6 is 0 Å². The summed E-state index contributed by atoms with van der Waals surface area (Å²) in [7, 11) is 1.61. The van der Waals surface area contributed by atoms with E-state index in [4.69, 9.17) is 14.5 Å². The van der Waals surface area contributed by atoms with Gasteiger partial charge in [0.25, 0.3) is 5.91 Å². The number of aromatic nitrogens is 2. The summed E-state index contributed by atoms with van der Waals surface area (Å²) >= 11 is 0. The lowest BCUT2D eigenvalue weighted by Gasteiger charge is -2.34. The van der Waals surface area contributed by atoms with Crippen LogP contribution in [0.4, 0.5) is 4.39 Å². The minimum Gasteiger partial charge on any atom is -0.497 e. The number of imidazole rings is 1. The molecule has 2 aromatic heterocycles. The number of amides is 1. The van der Waals surface area contributed by atoms with Crippen molar-refractivity contribution in [2.75, 3.05) is 39.9 Å². The number of hydrogen-bond acceptors (Lipinski definition) is 5. The van der Waals surface area contributed by atoms with Crippen LogP contribution < -0.4 is 9.47 Å². The molecule has 0 saturated carbocycles. The quantitative estimate of drug-likeness (QED) is 0.226. The van der Waals surface area contributed by atoms with Gasteiger partial charge < -0.3 is 18.8 Å². The number of ether oxygens (including phenoxy) is 2. The van der Waals surface area contributed by atoms with Gasteiger partial charge in [-0.25, -0.2) is 9.37 Å². The number of carbonyl (C=O) groups is 1. The van der Waals surface area contributed by atoms with Gasteiger partial charge in [-0.2, -0.15) is 0 Å². The second-order valence-electron chi connectivity index (χ2n) is 10.3. The fraction of sp³-hybridized carbons (Fsp3) is 0.235. The Bertz CT molecular complexity index is 1690. The lowest BCUT2D eigenvalue weighted by atomic mass is 10.1. The number of carbonyl (C=O) groups excluding carboxylic acids is 1. The summed E-state index contributed by atoms with van der Waals surface area (Å²) in [6, 6.07) is 25.9. The first-order chi connectivity index (χ1) is 20.5. The summed E-state index contributed by atoms with van der Waals surface area (Å²) in [5, 5.41) is 0. The molecular formula is C34H33FN4O3. The Labute approximate surface area is 244 Å². The van der Waals surface area contributed by atoms with Crippen LogP contribution in [-0.2, 0) is 6.54 Å². The van der Waals surface area contributed by atoms with Crippen LogP contribution in [0.2, 0.25) is 0 Å². The van der Waals surface area contributed by atoms with Crippen molar-refractivity contribution in [3.63, 3.8) is 0 Å². The van der Waals surface area contributed by atoms with Gasteiger partial charge >= 0.3 is 0 Å². The van der Waals surface area contributed by atoms with Gasteiger partial charge in [0.05, 0.1) is 25.1 Å². The highest BCUT2D eigenvalue weighted by atomic mass is 19.1. The highest BCUT2D eigenvalue weighted by Gasteiger charge is 2.25. The Hall–Kier alpha value is -4.69. The van der Waals surface area contributed by atoms with Gasteiger partial charge in [-0.05, 0) is 90.8 Å². The van der Waals surface area contributed by atoms with Gasteiger partial charge in [-0.15, -0.1) is 0 Å². The number of halogens is 1. The van der Waals surface area contributed by atoms with E-state index in [1.54, 1.807) is 19.2 Å². The molecule has 6 rings (SSSR count). The van der Waals surface area contributed by atoms with E-state index in [1.165, 1.54) is 12.1 Å². The number of nitrogens with zero attached hydrogens (tertiary/aromatic N) is 4. The molecule has 3 heterocycles. The molecule has 5 aromatic rings. The monoisotopic (exact) mass is 564 g/mol. The first-order valence-electron chi connectivity index (χ1n) is 14.2. The molecule has 1 aliphatic heterocycles. The standard InChI is InChI=1S/C34H33FN4O3/c1-3-42-30-6-4-5-26(21-30)27-11-16-32-36-33(24-7-12-28(35)13-8-24)31(39(32)22-27)23-37-17-19-38(20-18-37)34(40)25-9-14-29(41-2)15-10-25/h4-16,21-22H,3,17-20,23H2,1-2H3. The highest BCUT2D eigenvalue weighted by Crippen LogP contribution is 2.30. The third-order valence-corrected chi connectivity index (χ3v) is 7.68. The average molecular weight is 565 g/mol. The first kappa shape index (κ1) is 27.5. The van der Waals surface area contributed by atoms with Gasteiger partial charge in [0.15, 0.2) is 0 Å². The molecule has 3 aromatic carbocycles. The maximum Gasteiger partial charge on any atom is 0.253 e. The van der Waals surface area contributed by atoms with Crippen LogP contribution in [0, 0.1) is 5.82 Å². The normalized spacial score (nSPS) is 13.8. The van der Waals surface area contributed by atoms with E-state index in [1.807, 2.05) is 60.4 Å². The molecule has 1 fully saturated rings. The summed E-state index contributed by atoms with van der Waals surface area (Å²) in [6.45, 7) is 5.94. The lowest BCUT2D eigenvalue weighted by Crippen LogP contribution is -2.48. The molecule has 8 heteroatoms. The number of hydrogen-bond donors (Lipinski definition) is 0. The van der Waals surface area contributed by atoms with Crippen molar-refractivity contribution in [3.05, 3.63) is 108 Å². The zero-order chi connectivity index (χ0) is 29.1. The summed E-state index contributed by atoms with van der Waals surface area (Å²) in [4.78, 5) is 22.3. The zero-order valence-electron chi connectivity index (χ0n) is 23.8. The molecule has 214 valence electrons. The predicted molar refractivity (Wildman–Crippen MR) is 161 cm³/mol. The average Bonchev–Trinajstić information content (AvgIpc) is 3.39. The minimum atomic E-state index is -0.279.